The third kappa shape index (κ3) is 5.82. The maximum absolute atomic E-state index is 11.0. The largest absolute Gasteiger partial charge is 0.313 e. The van der Waals surface area contributed by atoms with Gasteiger partial charge in [0.2, 0.25) is 0 Å². The molecule has 1 unspecified atom stereocenters. The first-order valence-corrected chi connectivity index (χ1v) is 8.21. The molecule has 0 aromatic heterocycles. The first-order valence-electron chi connectivity index (χ1n) is 6.14. The molecule has 1 heterocycles. The van der Waals surface area contributed by atoms with E-state index in [-0.39, 0.29) is 5.75 Å². The van der Waals surface area contributed by atoms with Gasteiger partial charge in [-0.05, 0) is 38.9 Å². The summed E-state index contributed by atoms with van der Waals surface area (Å²) in [6, 6.07) is 0.498. The molecule has 0 saturated carbocycles. The molecule has 1 rings (SSSR count). The van der Waals surface area contributed by atoms with E-state index in [1.54, 1.807) is 0 Å². The van der Waals surface area contributed by atoms with Gasteiger partial charge in [-0.25, -0.2) is 8.42 Å². The Labute approximate surface area is 99.3 Å². The third-order valence-corrected chi connectivity index (χ3v) is 4.12. The fourth-order valence-corrected chi connectivity index (χ4v) is 2.61. The molecule has 5 heteroatoms. The van der Waals surface area contributed by atoms with Crippen molar-refractivity contribution in [1.29, 1.82) is 0 Å². The Morgan fingerprint density at radius 2 is 2.06 bits per heavy atom. The second kappa shape index (κ2) is 6.57. The van der Waals surface area contributed by atoms with Crippen LogP contribution in [-0.2, 0) is 9.84 Å². The highest BCUT2D eigenvalue weighted by Crippen LogP contribution is 2.10. The number of hydrogen-bond donors (Lipinski definition) is 1. The molecule has 0 bridgehead atoms. The van der Waals surface area contributed by atoms with Crippen LogP contribution in [0.15, 0.2) is 0 Å². The number of nitrogens with zero attached hydrogens (tertiary/aromatic N) is 1. The van der Waals surface area contributed by atoms with E-state index in [2.05, 4.69) is 17.1 Å². The topological polar surface area (TPSA) is 49.4 Å². The summed E-state index contributed by atoms with van der Waals surface area (Å²) in [4.78, 5) is 2.46. The normalized spacial score (nSPS) is 24.2. The van der Waals surface area contributed by atoms with Crippen LogP contribution >= 0.6 is 0 Å². The summed E-state index contributed by atoms with van der Waals surface area (Å²) in [6.45, 7) is 6.22. The van der Waals surface area contributed by atoms with Gasteiger partial charge in [0.1, 0.15) is 9.84 Å². The zero-order chi connectivity index (χ0) is 12.0. The van der Waals surface area contributed by atoms with Crippen LogP contribution in [0.1, 0.15) is 26.2 Å². The van der Waals surface area contributed by atoms with Crippen molar-refractivity contribution < 1.29 is 8.42 Å². The molecule has 16 heavy (non-hydrogen) atoms. The molecule has 0 aliphatic carbocycles. The van der Waals surface area contributed by atoms with Gasteiger partial charge in [-0.15, -0.1) is 0 Å². The molecule has 0 aromatic carbocycles. The molecular formula is C11H24N2O2S. The van der Waals surface area contributed by atoms with Crippen LogP contribution in [0.2, 0.25) is 0 Å². The summed E-state index contributed by atoms with van der Waals surface area (Å²) in [5, 5.41) is 3.36. The van der Waals surface area contributed by atoms with Crippen LogP contribution in [0.4, 0.5) is 0 Å². The average molecular weight is 248 g/mol. The van der Waals surface area contributed by atoms with E-state index in [4.69, 9.17) is 0 Å². The summed E-state index contributed by atoms with van der Waals surface area (Å²) in [7, 11) is -2.82. The van der Waals surface area contributed by atoms with Gasteiger partial charge in [-0.2, -0.15) is 0 Å². The Balaban J connectivity index is 2.22. The van der Waals surface area contributed by atoms with Crippen LogP contribution in [0, 0.1) is 0 Å². The van der Waals surface area contributed by atoms with Crippen molar-refractivity contribution in [2.45, 2.75) is 32.2 Å². The summed E-state index contributed by atoms with van der Waals surface area (Å²) in [6.07, 6.45) is 4.81. The molecule has 1 saturated heterocycles. The van der Waals surface area contributed by atoms with Crippen molar-refractivity contribution in [1.82, 2.24) is 10.2 Å². The lowest BCUT2D eigenvalue weighted by Crippen LogP contribution is -2.34. The van der Waals surface area contributed by atoms with Gasteiger partial charge in [0.15, 0.2) is 0 Å². The summed E-state index contributed by atoms with van der Waals surface area (Å²) < 4.78 is 22.0. The Hall–Kier alpha value is -0.130. The minimum Gasteiger partial charge on any atom is -0.313 e. The maximum Gasteiger partial charge on any atom is 0.148 e. The molecule has 1 atom stereocenters. The van der Waals surface area contributed by atoms with Gasteiger partial charge in [0, 0.05) is 18.8 Å². The Bertz CT molecular complexity index is 290. The Kier molecular flexibility index (Phi) is 5.72. The van der Waals surface area contributed by atoms with Crippen LogP contribution < -0.4 is 5.32 Å². The van der Waals surface area contributed by atoms with Crippen molar-refractivity contribution in [2.75, 3.05) is 38.2 Å². The second-order valence-corrected chi connectivity index (χ2v) is 6.91. The van der Waals surface area contributed by atoms with E-state index < -0.39 is 9.84 Å². The standard InChI is InChI=1S/C11H24N2O2S/c1-3-13-8-4-5-11(6-9-13)12-7-10-16(2,14)15/h11-12H,3-10H2,1-2H3. The van der Waals surface area contributed by atoms with Crippen LogP contribution in [-0.4, -0.2) is 57.5 Å². The van der Waals surface area contributed by atoms with Crippen LogP contribution in [0.5, 0.6) is 0 Å². The van der Waals surface area contributed by atoms with E-state index in [9.17, 15) is 8.42 Å². The molecule has 4 nitrogen and oxygen atoms in total. The van der Waals surface area contributed by atoms with E-state index in [1.165, 1.54) is 25.6 Å². The number of sulfone groups is 1. The van der Waals surface area contributed by atoms with E-state index >= 15 is 0 Å². The first-order chi connectivity index (χ1) is 7.51. The van der Waals surface area contributed by atoms with E-state index in [0.29, 0.717) is 12.6 Å². The highest BCUT2D eigenvalue weighted by Gasteiger charge is 2.15. The molecule has 0 radical (unpaired) electrons. The fourth-order valence-electron chi connectivity index (χ4n) is 2.12. The highest BCUT2D eigenvalue weighted by atomic mass is 32.2. The molecule has 0 amide bonds. The van der Waals surface area contributed by atoms with E-state index in [0.717, 1.165) is 19.5 Å². The maximum atomic E-state index is 11.0. The third-order valence-electron chi connectivity index (χ3n) is 3.17. The lowest BCUT2D eigenvalue weighted by atomic mass is 10.1. The van der Waals surface area contributed by atoms with Gasteiger partial charge >= 0.3 is 0 Å². The van der Waals surface area contributed by atoms with Gasteiger partial charge in [-0.3, -0.25) is 0 Å². The van der Waals surface area contributed by atoms with Crippen molar-refractivity contribution in [3.63, 3.8) is 0 Å². The predicted molar refractivity (Wildman–Crippen MR) is 67.5 cm³/mol. The van der Waals surface area contributed by atoms with Gasteiger partial charge < -0.3 is 10.2 Å². The second-order valence-electron chi connectivity index (χ2n) is 4.65. The van der Waals surface area contributed by atoms with Crippen molar-refractivity contribution in [3.05, 3.63) is 0 Å². The summed E-state index contributed by atoms with van der Waals surface area (Å²) >= 11 is 0. The average Bonchev–Trinajstić information content (AvgIpc) is 2.41. The monoisotopic (exact) mass is 248 g/mol. The number of nitrogens with one attached hydrogen (secondary N) is 1. The Morgan fingerprint density at radius 1 is 1.31 bits per heavy atom. The lowest BCUT2D eigenvalue weighted by molar-refractivity contribution is 0.297. The van der Waals surface area contributed by atoms with E-state index in [1.807, 2.05) is 0 Å². The Morgan fingerprint density at radius 3 is 2.69 bits per heavy atom. The SMILES string of the molecule is CCN1CCCC(NCCS(C)(=O)=O)CC1. The number of rotatable bonds is 5. The quantitative estimate of drug-likeness (QED) is 0.769. The highest BCUT2D eigenvalue weighted by molar-refractivity contribution is 7.90. The molecule has 1 aliphatic heterocycles. The van der Waals surface area contributed by atoms with Crippen molar-refractivity contribution in [3.8, 4) is 0 Å². The lowest BCUT2D eigenvalue weighted by Gasteiger charge is -2.18. The molecule has 1 aliphatic rings. The van der Waals surface area contributed by atoms with Gasteiger partial charge in [0.25, 0.3) is 0 Å². The molecule has 0 aromatic rings. The smallest absolute Gasteiger partial charge is 0.148 e. The molecule has 0 spiro atoms. The predicted octanol–water partition coefficient (Wildman–Crippen LogP) is 0.495. The minimum absolute atomic E-state index is 0.251. The molecular weight excluding hydrogens is 224 g/mol. The van der Waals surface area contributed by atoms with Crippen LogP contribution in [0.25, 0.3) is 0 Å². The number of likely N-dealkylation sites (tertiary alicyclic amines) is 1. The zero-order valence-electron chi connectivity index (χ0n) is 10.4. The van der Waals surface area contributed by atoms with Crippen molar-refractivity contribution >= 4 is 9.84 Å². The fraction of sp³-hybridized carbons (Fsp3) is 1.00. The minimum atomic E-state index is -2.82. The van der Waals surface area contributed by atoms with Crippen LogP contribution in [0.3, 0.4) is 0 Å². The van der Waals surface area contributed by atoms with Crippen molar-refractivity contribution in [2.24, 2.45) is 0 Å². The zero-order valence-corrected chi connectivity index (χ0v) is 11.2. The van der Waals surface area contributed by atoms with Gasteiger partial charge in [0.05, 0.1) is 5.75 Å². The number of hydrogen-bond acceptors (Lipinski definition) is 4. The summed E-state index contributed by atoms with van der Waals surface area (Å²) in [5.74, 6) is 0.251. The summed E-state index contributed by atoms with van der Waals surface area (Å²) in [5.41, 5.74) is 0. The molecule has 1 fully saturated rings. The first kappa shape index (κ1) is 13.9. The molecule has 96 valence electrons. The molecule has 1 N–H and O–H groups in total. The van der Waals surface area contributed by atoms with Gasteiger partial charge in [-0.1, -0.05) is 6.92 Å².